The maximum atomic E-state index is 4.51. The summed E-state index contributed by atoms with van der Waals surface area (Å²) < 4.78 is 2.09. The van der Waals surface area contributed by atoms with E-state index in [1.165, 1.54) is 10.6 Å². The smallest absolute Gasteiger partial charge is 0.0618 e. The second kappa shape index (κ2) is 5.47. The molecule has 0 bridgehead atoms. The summed E-state index contributed by atoms with van der Waals surface area (Å²) in [4.78, 5) is 1.38. The number of nitrogens with zero attached hydrogens (tertiary/aromatic N) is 2. The minimum absolute atomic E-state index is 0.392. The van der Waals surface area contributed by atoms with Crippen LogP contribution >= 0.6 is 11.3 Å². The first-order valence-electron chi connectivity index (χ1n) is 5.92. The molecule has 0 spiro atoms. The lowest BCUT2D eigenvalue weighted by atomic mass is 10.3. The molecular weight excluding hydrogens is 230 g/mol. The number of hydrogen-bond donors (Lipinski definition) is 1. The fraction of sp³-hybridized carbons (Fsp3) is 0.462. The fourth-order valence-corrected chi connectivity index (χ4v) is 2.67. The lowest BCUT2D eigenvalue weighted by molar-refractivity contribution is 0.444. The van der Waals surface area contributed by atoms with E-state index in [0.717, 1.165) is 18.8 Å². The van der Waals surface area contributed by atoms with E-state index >= 15 is 0 Å². The third-order valence-electron chi connectivity index (χ3n) is 2.78. The van der Waals surface area contributed by atoms with Gasteiger partial charge < -0.3 is 5.32 Å². The lowest BCUT2D eigenvalue weighted by Gasteiger charge is -2.14. The van der Waals surface area contributed by atoms with Crippen LogP contribution in [-0.4, -0.2) is 16.3 Å². The molecule has 0 aliphatic rings. The van der Waals surface area contributed by atoms with Crippen molar-refractivity contribution in [1.29, 1.82) is 0 Å². The summed E-state index contributed by atoms with van der Waals surface area (Å²) in [6, 6.07) is 6.76. The number of thiophene rings is 1. The summed E-state index contributed by atoms with van der Waals surface area (Å²) in [5.41, 5.74) is 2.32. The van der Waals surface area contributed by atoms with Crippen molar-refractivity contribution in [2.45, 2.75) is 33.4 Å². The first-order valence-corrected chi connectivity index (χ1v) is 6.80. The molecule has 17 heavy (non-hydrogen) atoms. The van der Waals surface area contributed by atoms with Crippen LogP contribution in [0.15, 0.2) is 23.6 Å². The normalized spacial score (nSPS) is 12.9. The van der Waals surface area contributed by atoms with Gasteiger partial charge in [0.15, 0.2) is 0 Å². The molecule has 1 atom stereocenters. The minimum Gasteiger partial charge on any atom is -0.310 e. The Hall–Kier alpha value is -1.13. The molecule has 92 valence electrons. The van der Waals surface area contributed by atoms with E-state index < -0.39 is 0 Å². The van der Waals surface area contributed by atoms with Crippen LogP contribution in [0.1, 0.15) is 29.2 Å². The van der Waals surface area contributed by atoms with Gasteiger partial charge in [0.2, 0.25) is 0 Å². The molecule has 1 unspecified atom stereocenters. The summed E-state index contributed by atoms with van der Waals surface area (Å²) in [5, 5.41) is 10.1. The maximum Gasteiger partial charge on any atom is 0.0618 e. The van der Waals surface area contributed by atoms with Gasteiger partial charge in [-0.2, -0.15) is 5.10 Å². The van der Waals surface area contributed by atoms with Gasteiger partial charge in [-0.05, 0) is 38.3 Å². The van der Waals surface area contributed by atoms with Crippen LogP contribution in [0.25, 0.3) is 0 Å². The van der Waals surface area contributed by atoms with Gasteiger partial charge in [-0.25, -0.2) is 0 Å². The Balaban J connectivity index is 1.85. The van der Waals surface area contributed by atoms with Gasteiger partial charge in [-0.3, -0.25) is 4.68 Å². The molecule has 0 saturated carbocycles. The van der Waals surface area contributed by atoms with Crippen molar-refractivity contribution in [2.75, 3.05) is 6.54 Å². The molecule has 0 fully saturated rings. The van der Waals surface area contributed by atoms with Gasteiger partial charge in [-0.1, -0.05) is 6.07 Å². The van der Waals surface area contributed by atoms with Crippen LogP contribution in [0.3, 0.4) is 0 Å². The van der Waals surface area contributed by atoms with E-state index in [-0.39, 0.29) is 0 Å². The van der Waals surface area contributed by atoms with Gasteiger partial charge >= 0.3 is 0 Å². The quantitative estimate of drug-likeness (QED) is 0.883. The Morgan fingerprint density at radius 2 is 2.29 bits per heavy atom. The highest BCUT2D eigenvalue weighted by Gasteiger charge is 2.08. The van der Waals surface area contributed by atoms with Crippen molar-refractivity contribution in [3.05, 3.63) is 39.8 Å². The van der Waals surface area contributed by atoms with E-state index in [9.17, 15) is 0 Å². The van der Waals surface area contributed by atoms with E-state index in [1.54, 1.807) is 11.3 Å². The summed E-state index contributed by atoms with van der Waals surface area (Å²) >= 11 is 1.79. The summed E-state index contributed by atoms with van der Waals surface area (Å²) in [6.07, 6.45) is 0. The van der Waals surface area contributed by atoms with Crippen LogP contribution in [0, 0.1) is 13.8 Å². The van der Waals surface area contributed by atoms with Crippen molar-refractivity contribution in [2.24, 2.45) is 0 Å². The highest BCUT2D eigenvalue weighted by Crippen LogP contribution is 2.11. The van der Waals surface area contributed by atoms with Crippen molar-refractivity contribution >= 4 is 11.3 Å². The molecule has 0 aliphatic carbocycles. The monoisotopic (exact) mass is 249 g/mol. The topological polar surface area (TPSA) is 29.9 Å². The summed E-state index contributed by atoms with van der Waals surface area (Å²) in [7, 11) is 0. The van der Waals surface area contributed by atoms with Gasteiger partial charge in [0.25, 0.3) is 0 Å². The third kappa shape index (κ3) is 3.17. The van der Waals surface area contributed by atoms with Crippen LogP contribution in [0.2, 0.25) is 0 Å². The molecule has 2 rings (SSSR count). The average molecular weight is 249 g/mol. The average Bonchev–Trinajstić information content (AvgIpc) is 2.88. The van der Waals surface area contributed by atoms with Gasteiger partial charge in [0.1, 0.15) is 0 Å². The number of nitrogens with one attached hydrogen (secondary N) is 1. The number of rotatable bonds is 5. The van der Waals surface area contributed by atoms with E-state index in [2.05, 4.69) is 52.5 Å². The van der Waals surface area contributed by atoms with E-state index in [4.69, 9.17) is 0 Å². The van der Waals surface area contributed by atoms with Crippen LogP contribution in [-0.2, 0) is 6.54 Å². The number of aryl methyl sites for hydroxylation is 2. The van der Waals surface area contributed by atoms with E-state index in [0.29, 0.717) is 6.04 Å². The number of aromatic nitrogens is 2. The molecule has 0 saturated heterocycles. The van der Waals surface area contributed by atoms with Crippen LogP contribution in [0.5, 0.6) is 0 Å². The first kappa shape index (κ1) is 12.3. The molecule has 0 aromatic carbocycles. The Morgan fingerprint density at radius 1 is 1.47 bits per heavy atom. The van der Waals surface area contributed by atoms with Gasteiger partial charge in [0.05, 0.1) is 11.7 Å². The molecule has 3 nitrogen and oxygen atoms in total. The molecule has 0 radical (unpaired) electrons. The third-order valence-corrected chi connectivity index (χ3v) is 3.66. The van der Waals surface area contributed by atoms with Crippen molar-refractivity contribution < 1.29 is 0 Å². The maximum absolute atomic E-state index is 4.51. The van der Waals surface area contributed by atoms with Gasteiger partial charge in [0, 0.05) is 23.7 Å². The molecule has 2 aromatic heterocycles. The predicted octanol–water partition coefficient (Wildman–Crippen LogP) is 2.91. The SMILES string of the molecule is Cc1cc(C)n(C(C)CNCc2cccs2)n1. The van der Waals surface area contributed by atoms with Gasteiger partial charge in [-0.15, -0.1) is 11.3 Å². The largest absolute Gasteiger partial charge is 0.310 e. The van der Waals surface area contributed by atoms with Crippen molar-refractivity contribution in [3.63, 3.8) is 0 Å². The standard InChI is InChI=1S/C13H19N3S/c1-10-7-11(2)16(15-10)12(3)8-14-9-13-5-4-6-17-13/h4-7,12,14H,8-9H2,1-3H3. The molecule has 2 heterocycles. The number of hydrogen-bond acceptors (Lipinski definition) is 3. The van der Waals surface area contributed by atoms with Crippen LogP contribution < -0.4 is 5.32 Å². The molecule has 4 heteroatoms. The zero-order chi connectivity index (χ0) is 12.3. The molecule has 2 aromatic rings. The van der Waals surface area contributed by atoms with Crippen LogP contribution in [0.4, 0.5) is 0 Å². The summed E-state index contributed by atoms with van der Waals surface area (Å²) in [5.74, 6) is 0. The summed E-state index contributed by atoms with van der Waals surface area (Å²) in [6.45, 7) is 8.23. The first-order chi connectivity index (χ1) is 8.16. The lowest BCUT2D eigenvalue weighted by Crippen LogP contribution is -2.24. The van der Waals surface area contributed by atoms with Crippen molar-refractivity contribution in [3.8, 4) is 0 Å². The zero-order valence-corrected chi connectivity index (χ0v) is 11.4. The minimum atomic E-state index is 0.392. The Kier molecular flexibility index (Phi) is 3.97. The molecule has 0 aliphatic heterocycles. The molecule has 1 N–H and O–H groups in total. The second-order valence-electron chi connectivity index (χ2n) is 4.43. The Bertz CT molecular complexity index is 459. The second-order valence-corrected chi connectivity index (χ2v) is 5.46. The predicted molar refractivity (Wildman–Crippen MR) is 72.4 cm³/mol. The fourth-order valence-electron chi connectivity index (χ4n) is 2.00. The molecular formula is C13H19N3S. The highest BCUT2D eigenvalue weighted by molar-refractivity contribution is 7.09. The van der Waals surface area contributed by atoms with E-state index in [1.807, 2.05) is 6.92 Å². The highest BCUT2D eigenvalue weighted by atomic mass is 32.1. The molecule has 0 amide bonds. The Morgan fingerprint density at radius 3 is 2.88 bits per heavy atom. The zero-order valence-electron chi connectivity index (χ0n) is 10.6. The Labute approximate surface area is 106 Å². The van der Waals surface area contributed by atoms with Crippen molar-refractivity contribution in [1.82, 2.24) is 15.1 Å².